The minimum Gasteiger partial charge on any atom is -0.445 e. The van der Waals surface area contributed by atoms with Gasteiger partial charge in [0.15, 0.2) is 11.6 Å². The van der Waals surface area contributed by atoms with Crippen molar-refractivity contribution in [3.05, 3.63) is 76.8 Å². The molecule has 0 saturated heterocycles. The summed E-state index contributed by atoms with van der Waals surface area (Å²) in [6, 6.07) is 12.3. The van der Waals surface area contributed by atoms with E-state index in [0.717, 1.165) is 28.2 Å². The molecule has 0 unspecified atom stereocenters. The molecule has 4 aromatic rings. The van der Waals surface area contributed by atoms with Gasteiger partial charge in [-0.05, 0) is 32.4 Å². The van der Waals surface area contributed by atoms with Gasteiger partial charge in [0.05, 0.1) is 17.9 Å². The van der Waals surface area contributed by atoms with Crippen molar-refractivity contribution < 1.29 is 9.21 Å². The molecule has 0 N–H and O–H groups in total. The van der Waals surface area contributed by atoms with E-state index in [1.165, 1.54) is 5.56 Å². The molecule has 3 heterocycles. The topological polar surface area (TPSA) is 63.6 Å². The molecule has 0 spiro atoms. The second-order valence-corrected chi connectivity index (χ2v) is 7.51. The predicted molar refractivity (Wildman–Crippen MR) is 112 cm³/mol. The van der Waals surface area contributed by atoms with Gasteiger partial charge in [-0.1, -0.05) is 35.9 Å². The first-order valence-corrected chi connectivity index (χ1v) is 9.57. The minimum absolute atomic E-state index is 0.170. The van der Waals surface area contributed by atoms with Crippen molar-refractivity contribution >= 4 is 11.6 Å². The number of carbonyl (C=O) groups is 1. The van der Waals surface area contributed by atoms with E-state index in [-0.39, 0.29) is 5.91 Å². The van der Waals surface area contributed by atoms with Gasteiger partial charge in [-0.3, -0.25) is 4.79 Å². The van der Waals surface area contributed by atoms with Crippen molar-refractivity contribution in [1.82, 2.24) is 19.3 Å². The molecule has 148 valence electrons. The normalized spacial score (nSPS) is 11.2. The van der Waals surface area contributed by atoms with Crippen LogP contribution in [0.3, 0.4) is 0 Å². The highest BCUT2D eigenvalue weighted by molar-refractivity contribution is 5.93. The van der Waals surface area contributed by atoms with Crippen molar-refractivity contribution in [2.45, 2.75) is 34.2 Å². The summed E-state index contributed by atoms with van der Waals surface area (Å²) in [4.78, 5) is 23.7. The Labute approximate surface area is 169 Å². The average molecular weight is 388 g/mol. The lowest BCUT2D eigenvalue weighted by atomic mass is 10.1. The summed E-state index contributed by atoms with van der Waals surface area (Å²) in [6.45, 7) is 8.01. The van der Waals surface area contributed by atoms with Crippen molar-refractivity contribution in [2.24, 2.45) is 0 Å². The molecule has 0 aliphatic rings. The first-order valence-electron chi connectivity index (χ1n) is 9.57. The number of imidazole rings is 1. The zero-order valence-electron chi connectivity index (χ0n) is 17.4. The van der Waals surface area contributed by atoms with E-state index in [2.05, 4.69) is 46.8 Å². The van der Waals surface area contributed by atoms with Crippen LogP contribution in [-0.2, 0) is 6.54 Å². The number of hydrogen-bond donors (Lipinski definition) is 0. The molecule has 0 fully saturated rings. The summed E-state index contributed by atoms with van der Waals surface area (Å²) in [7, 11) is 1.78. The van der Waals surface area contributed by atoms with Crippen LogP contribution in [-0.4, -0.2) is 32.2 Å². The molecule has 3 aromatic heterocycles. The molecule has 0 radical (unpaired) electrons. The van der Waals surface area contributed by atoms with Gasteiger partial charge in [-0.2, -0.15) is 0 Å². The third kappa shape index (κ3) is 3.53. The fourth-order valence-electron chi connectivity index (χ4n) is 3.50. The van der Waals surface area contributed by atoms with E-state index in [4.69, 9.17) is 9.40 Å². The second kappa shape index (κ2) is 7.20. The number of aryl methyl sites for hydroxylation is 4. The maximum Gasteiger partial charge on any atom is 0.276 e. The van der Waals surface area contributed by atoms with Crippen LogP contribution in [0.2, 0.25) is 0 Å². The van der Waals surface area contributed by atoms with Crippen molar-refractivity contribution in [1.29, 1.82) is 0 Å². The first kappa shape index (κ1) is 18.9. The van der Waals surface area contributed by atoms with Gasteiger partial charge >= 0.3 is 0 Å². The van der Waals surface area contributed by atoms with E-state index in [9.17, 15) is 4.79 Å². The average Bonchev–Trinajstić information content (AvgIpc) is 3.21. The second-order valence-electron chi connectivity index (χ2n) is 7.51. The van der Waals surface area contributed by atoms with Crippen LogP contribution in [0.5, 0.6) is 0 Å². The Morgan fingerprint density at radius 3 is 2.34 bits per heavy atom. The van der Waals surface area contributed by atoms with Gasteiger partial charge < -0.3 is 13.7 Å². The molecule has 1 amide bonds. The monoisotopic (exact) mass is 388 g/mol. The van der Waals surface area contributed by atoms with Gasteiger partial charge in [0.1, 0.15) is 11.4 Å². The van der Waals surface area contributed by atoms with Gasteiger partial charge in [0.2, 0.25) is 0 Å². The zero-order chi connectivity index (χ0) is 20.7. The molecule has 29 heavy (non-hydrogen) atoms. The number of aromatic nitrogens is 3. The highest BCUT2D eigenvalue weighted by Crippen LogP contribution is 2.27. The van der Waals surface area contributed by atoms with E-state index < -0.39 is 0 Å². The van der Waals surface area contributed by atoms with Crippen LogP contribution < -0.4 is 0 Å². The van der Waals surface area contributed by atoms with Gasteiger partial charge in [0, 0.05) is 25.7 Å². The highest BCUT2D eigenvalue weighted by Gasteiger charge is 2.23. The Bertz CT molecular complexity index is 1200. The molecular weight excluding hydrogens is 364 g/mol. The molecular formula is C23H24N4O2. The Morgan fingerprint density at radius 1 is 1.00 bits per heavy atom. The number of amides is 1. The number of fused-ring (bicyclic) bond motifs is 1. The van der Waals surface area contributed by atoms with Crippen LogP contribution in [0.4, 0.5) is 0 Å². The lowest BCUT2D eigenvalue weighted by Gasteiger charge is -2.17. The lowest BCUT2D eigenvalue weighted by molar-refractivity contribution is 0.0776. The Morgan fingerprint density at radius 2 is 1.69 bits per heavy atom. The largest absolute Gasteiger partial charge is 0.445 e. The summed E-state index contributed by atoms with van der Waals surface area (Å²) in [6.07, 6.45) is 2.05. The van der Waals surface area contributed by atoms with Crippen LogP contribution in [0, 0.1) is 27.7 Å². The molecule has 0 aliphatic heterocycles. The number of rotatable bonds is 4. The first-order chi connectivity index (χ1) is 13.8. The molecule has 0 bridgehead atoms. The minimum atomic E-state index is -0.170. The van der Waals surface area contributed by atoms with E-state index in [1.54, 1.807) is 25.8 Å². The van der Waals surface area contributed by atoms with Crippen LogP contribution in [0.25, 0.3) is 16.9 Å². The lowest BCUT2D eigenvalue weighted by Crippen LogP contribution is -2.28. The summed E-state index contributed by atoms with van der Waals surface area (Å²) in [5.74, 6) is 0.855. The van der Waals surface area contributed by atoms with E-state index >= 15 is 0 Å². The van der Waals surface area contributed by atoms with Gasteiger partial charge in [-0.25, -0.2) is 9.97 Å². The summed E-state index contributed by atoms with van der Waals surface area (Å²) in [5, 5.41) is 0. The fourth-order valence-corrected chi connectivity index (χ4v) is 3.50. The predicted octanol–water partition coefficient (Wildman–Crippen LogP) is 4.50. The standard InChI is InChI=1S/C23H24N4O2/c1-14-6-9-18(10-7-14)22-19(27-12-15(2)8-11-20(27)25-22)13-26(5)23(28)21-16(3)29-17(4)24-21/h6-12H,13H2,1-5H3. The van der Waals surface area contributed by atoms with E-state index in [1.807, 2.05) is 19.1 Å². The molecule has 0 saturated carbocycles. The molecule has 6 nitrogen and oxygen atoms in total. The number of benzene rings is 1. The quantitative estimate of drug-likeness (QED) is 0.516. The highest BCUT2D eigenvalue weighted by atomic mass is 16.4. The maximum absolute atomic E-state index is 13.0. The van der Waals surface area contributed by atoms with Gasteiger partial charge in [-0.15, -0.1) is 0 Å². The zero-order valence-corrected chi connectivity index (χ0v) is 17.4. The number of nitrogens with zero attached hydrogens (tertiary/aromatic N) is 4. The molecule has 1 aromatic carbocycles. The van der Waals surface area contributed by atoms with Crippen LogP contribution >= 0.6 is 0 Å². The van der Waals surface area contributed by atoms with Crippen LogP contribution in [0.15, 0.2) is 47.0 Å². The Hall–Kier alpha value is -3.41. The summed E-state index contributed by atoms with van der Waals surface area (Å²) in [5.41, 5.74) is 6.40. The number of carbonyl (C=O) groups excluding carboxylic acids is 1. The maximum atomic E-state index is 13.0. The summed E-state index contributed by atoms with van der Waals surface area (Å²) >= 11 is 0. The van der Waals surface area contributed by atoms with Crippen molar-refractivity contribution in [3.63, 3.8) is 0 Å². The third-order valence-electron chi connectivity index (χ3n) is 5.03. The summed E-state index contributed by atoms with van der Waals surface area (Å²) < 4.78 is 7.50. The number of hydrogen-bond acceptors (Lipinski definition) is 4. The smallest absolute Gasteiger partial charge is 0.276 e. The molecule has 0 aliphatic carbocycles. The third-order valence-corrected chi connectivity index (χ3v) is 5.03. The number of pyridine rings is 1. The van der Waals surface area contributed by atoms with Gasteiger partial charge in [0.25, 0.3) is 5.91 Å². The van der Waals surface area contributed by atoms with Crippen molar-refractivity contribution in [3.8, 4) is 11.3 Å². The van der Waals surface area contributed by atoms with E-state index in [0.29, 0.717) is 23.9 Å². The SMILES string of the molecule is Cc1ccc(-c2nc3ccc(C)cn3c2CN(C)C(=O)c2nc(C)oc2C)cc1. The Balaban J connectivity index is 1.78. The fraction of sp³-hybridized carbons (Fsp3) is 0.261. The molecule has 0 atom stereocenters. The number of oxazole rings is 1. The Kier molecular flexibility index (Phi) is 4.70. The van der Waals surface area contributed by atoms with Crippen molar-refractivity contribution in [2.75, 3.05) is 7.05 Å². The van der Waals surface area contributed by atoms with Crippen LogP contribution in [0.1, 0.15) is 39.0 Å². The molecule has 4 rings (SSSR count). The molecule has 6 heteroatoms.